The Morgan fingerprint density at radius 2 is 1.70 bits per heavy atom. The molecule has 30 heavy (non-hydrogen) atoms. The molecule has 3 aromatic rings. The van der Waals surface area contributed by atoms with Gasteiger partial charge in [0.1, 0.15) is 0 Å². The van der Waals surface area contributed by atoms with Crippen LogP contribution in [0.25, 0.3) is 11.0 Å². The minimum atomic E-state index is -3.53. The number of amides is 1. The number of H-pyrrole nitrogens is 1. The van der Waals surface area contributed by atoms with Gasteiger partial charge in [0.05, 0.1) is 21.7 Å². The van der Waals surface area contributed by atoms with E-state index < -0.39 is 10.0 Å². The molecule has 1 aromatic heterocycles. The van der Waals surface area contributed by atoms with Gasteiger partial charge in [0.2, 0.25) is 15.9 Å². The lowest BCUT2D eigenvalue weighted by atomic mass is 10.2. The average molecular weight is 445 g/mol. The predicted octanol–water partition coefficient (Wildman–Crippen LogP) is 2.80. The van der Waals surface area contributed by atoms with Crippen LogP contribution in [0.4, 0.5) is 0 Å². The van der Waals surface area contributed by atoms with Gasteiger partial charge in [-0.05, 0) is 43.7 Å². The van der Waals surface area contributed by atoms with Crippen LogP contribution in [0.3, 0.4) is 0 Å². The van der Waals surface area contributed by atoms with Gasteiger partial charge >= 0.3 is 0 Å². The maximum Gasteiger partial charge on any atom is 0.243 e. The van der Waals surface area contributed by atoms with Crippen LogP contribution < -0.4 is 0 Å². The third-order valence-corrected chi connectivity index (χ3v) is 7.97. The molecule has 0 radical (unpaired) electrons. The highest BCUT2D eigenvalue weighted by Crippen LogP contribution is 2.22. The Morgan fingerprint density at radius 1 is 1.03 bits per heavy atom. The summed E-state index contributed by atoms with van der Waals surface area (Å²) in [6, 6.07) is 12.9. The summed E-state index contributed by atoms with van der Waals surface area (Å²) in [7, 11) is -3.53. The van der Waals surface area contributed by atoms with E-state index >= 15 is 0 Å². The zero-order valence-electron chi connectivity index (χ0n) is 17.0. The first-order valence-electron chi connectivity index (χ1n) is 9.77. The molecule has 0 atom stereocenters. The molecule has 0 saturated carbocycles. The smallest absolute Gasteiger partial charge is 0.243 e. The van der Waals surface area contributed by atoms with Crippen molar-refractivity contribution in [2.75, 3.05) is 31.9 Å². The summed E-state index contributed by atoms with van der Waals surface area (Å²) in [5.74, 6) is 0.257. The first-order chi connectivity index (χ1) is 14.3. The van der Waals surface area contributed by atoms with Crippen LogP contribution in [-0.4, -0.2) is 65.4 Å². The van der Waals surface area contributed by atoms with E-state index in [0.29, 0.717) is 36.2 Å². The van der Waals surface area contributed by atoms with E-state index in [1.165, 1.54) is 16.1 Å². The maximum atomic E-state index is 12.8. The van der Waals surface area contributed by atoms with Crippen LogP contribution in [0.1, 0.15) is 11.1 Å². The fraction of sp³-hybridized carbons (Fsp3) is 0.333. The van der Waals surface area contributed by atoms with Gasteiger partial charge in [0.25, 0.3) is 0 Å². The molecule has 7 nitrogen and oxygen atoms in total. The third-order valence-electron chi connectivity index (χ3n) is 5.20. The molecule has 158 valence electrons. The zero-order valence-corrected chi connectivity index (χ0v) is 18.6. The van der Waals surface area contributed by atoms with E-state index in [1.54, 1.807) is 29.2 Å². The second kappa shape index (κ2) is 8.41. The lowest BCUT2D eigenvalue weighted by molar-refractivity contribution is -0.129. The summed E-state index contributed by atoms with van der Waals surface area (Å²) in [5, 5.41) is 0.713. The van der Waals surface area contributed by atoms with E-state index in [2.05, 4.69) is 9.97 Å². The molecule has 1 aliphatic heterocycles. The Labute approximate surface area is 180 Å². The minimum absolute atomic E-state index is 0.0102. The van der Waals surface area contributed by atoms with Crippen molar-refractivity contribution < 1.29 is 13.2 Å². The number of aromatic amines is 1. The van der Waals surface area contributed by atoms with E-state index in [0.717, 1.165) is 22.2 Å². The molecular formula is C21H24N4O3S2. The standard InChI is InChI=1S/C21H24N4O3S2/c1-15-3-6-17(7-4-15)30(27,28)25-11-9-24(10-12-25)20(26)14-29-21-22-18-8-5-16(2)13-19(18)23-21/h3-8,13H,9-12,14H2,1-2H3,(H,22,23). The average Bonchev–Trinajstić information content (AvgIpc) is 3.14. The lowest BCUT2D eigenvalue weighted by Gasteiger charge is -2.34. The second-order valence-electron chi connectivity index (χ2n) is 7.45. The number of benzene rings is 2. The number of carbonyl (C=O) groups is 1. The van der Waals surface area contributed by atoms with Crippen LogP contribution in [0.15, 0.2) is 52.5 Å². The Hall–Kier alpha value is -2.36. The van der Waals surface area contributed by atoms with Gasteiger partial charge in [-0.2, -0.15) is 4.31 Å². The van der Waals surface area contributed by atoms with Gasteiger partial charge in [-0.15, -0.1) is 0 Å². The topological polar surface area (TPSA) is 86.4 Å². The normalized spacial score (nSPS) is 15.6. The molecule has 1 fully saturated rings. The largest absolute Gasteiger partial charge is 0.339 e. The summed E-state index contributed by atoms with van der Waals surface area (Å²) in [5.41, 5.74) is 4.00. The van der Waals surface area contributed by atoms with Crippen molar-refractivity contribution in [2.45, 2.75) is 23.9 Å². The quantitative estimate of drug-likeness (QED) is 0.612. The van der Waals surface area contributed by atoms with Crippen LogP contribution in [-0.2, 0) is 14.8 Å². The first-order valence-corrected chi connectivity index (χ1v) is 12.2. The number of hydrogen-bond donors (Lipinski definition) is 1. The molecular weight excluding hydrogens is 420 g/mol. The van der Waals surface area contributed by atoms with Crippen molar-refractivity contribution in [3.63, 3.8) is 0 Å². The van der Waals surface area contributed by atoms with E-state index in [-0.39, 0.29) is 11.7 Å². The van der Waals surface area contributed by atoms with E-state index in [9.17, 15) is 13.2 Å². The van der Waals surface area contributed by atoms with Gasteiger partial charge in [-0.1, -0.05) is 35.5 Å². The number of aromatic nitrogens is 2. The Morgan fingerprint density at radius 3 is 2.40 bits per heavy atom. The molecule has 1 aliphatic rings. The molecule has 1 N–H and O–H groups in total. The fourth-order valence-corrected chi connectivity index (χ4v) is 5.64. The highest BCUT2D eigenvalue weighted by Gasteiger charge is 2.30. The molecule has 1 amide bonds. The fourth-order valence-electron chi connectivity index (χ4n) is 3.43. The number of sulfonamides is 1. The summed E-state index contributed by atoms with van der Waals surface area (Å²) in [4.78, 5) is 22.4. The Balaban J connectivity index is 1.33. The molecule has 2 heterocycles. The van der Waals surface area contributed by atoms with Crippen molar-refractivity contribution in [1.29, 1.82) is 0 Å². The van der Waals surface area contributed by atoms with Gasteiger partial charge < -0.3 is 9.88 Å². The van der Waals surface area contributed by atoms with Crippen molar-refractivity contribution >= 4 is 38.7 Å². The monoisotopic (exact) mass is 444 g/mol. The van der Waals surface area contributed by atoms with Gasteiger partial charge in [0, 0.05) is 26.2 Å². The van der Waals surface area contributed by atoms with Crippen molar-refractivity contribution in [1.82, 2.24) is 19.2 Å². The summed E-state index contributed by atoms with van der Waals surface area (Å²) < 4.78 is 27.1. The molecule has 0 spiro atoms. The number of nitrogens with one attached hydrogen (secondary N) is 1. The summed E-state index contributed by atoms with van der Waals surface area (Å²) in [6.07, 6.45) is 0. The highest BCUT2D eigenvalue weighted by atomic mass is 32.2. The molecule has 0 bridgehead atoms. The molecule has 0 aliphatic carbocycles. The Kier molecular flexibility index (Phi) is 5.86. The number of hydrogen-bond acceptors (Lipinski definition) is 5. The van der Waals surface area contributed by atoms with Crippen molar-refractivity contribution in [2.24, 2.45) is 0 Å². The number of aryl methyl sites for hydroxylation is 2. The number of imidazole rings is 1. The predicted molar refractivity (Wildman–Crippen MR) is 118 cm³/mol. The summed E-state index contributed by atoms with van der Waals surface area (Å²) in [6.45, 7) is 5.33. The first kappa shape index (κ1) is 20.9. The number of rotatable bonds is 5. The zero-order chi connectivity index (χ0) is 21.3. The van der Waals surface area contributed by atoms with Crippen molar-refractivity contribution in [3.8, 4) is 0 Å². The molecule has 9 heteroatoms. The van der Waals surface area contributed by atoms with Gasteiger partial charge in [-0.25, -0.2) is 13.4 Å². The summed E-state index contributed by atoms with van der Waals surface area (Å²) >= 11 is 1.37. The molecule has 4 rings (SSSR count). The lowest BCUT2D eigenvalue weighted by Crippen LogP contribution is -2.50. The van der Waals surface area contributed by atoms with E-state index in [1.807, 2.05) is 32.0 Å². The SMILES string of the molecule is Cc1ccc(S(=O)(=O)N2CCN(C(=O)CSc3nc4ccc(C)cc4[nH]3)CC2)cc1. The van der Waals surface area contributed by atoms with E-state index in [4.69, 9.17) is 0 Å². The van der Waals surface area contributed by atoms with Crippen LogP contribution in [0.5, 0.6) is 0 Å². The molecule has 1 saturated heterocycles. The van der Waals surface area contributed by atoms with Crippen LogP contribution in [0.2, 0.25) is 0 Å². The number of carbonyl (C=O) groups excluding carboxylic acids is 1. The second-order valence-corrected chi connectivity index (χ2v) is 10.4. The maximum absolute atomic E-state index is 12.8. The molecule has 2 aromatic carbocycles. The van der Waals surface area contributed by atoms with Gasteiger partial charge in [-0.3, -0.25) is 4.79 Å². The van der Waals surface area contributed by atoms with Gasteiger partial charge in [0.15, 0.2) is 5.16 Å². The number of thioether (sulfide) groups is 1. The van der Waals surface area contributed by atoms with Crippen LogP contribution >= 0.6 is 11.8 Å². The minimum Gasteiger partial charge on any atom is -0.339 e. The Bertz CT molecular complexity index is 1160. The van der Waals surface area contributed by atoms with Crippen molar-refractivity contribution in [3.05, 3.63) is 53.6 Å². The number of nitrogens with zero attached hydrogens (tertiary/aromatic N) is 3. The van der Waals surface area contributed by atoms with Crippen LogP contribution in [0, 0.1) is 13.8 Å². The number of piperazine rings is 1. The number of fused-ring (bicyclic) bond motifs is 1. The highest BCUT2D eigenvalue weighted by molar-refractivity contribution is 7.99. The third kappa shape index (κ3) is 4.38. The molecule has 0 unspecified atom stereocenters.